The van der Waals surface area contributed by atoms with Crippen LogP contribution in [0.2, 0.25) is 0 Å². The van der Waals surface area contributed by atoms with E-state index < -0.39 is 29.3 Å². The predicted molar refractivity (Wildman–Crippen MR) is 70.9 cm³/mol. The predicted octanol–water partition coefficient (Wildman–Crippen LogP) is 4.32. The van der Waals surface area contributed by atoms with E-state index >= 15 is 0 Å². The second-order valence-corrected chi connectivity index (χ2v) is 6.68. The Hall–Kier alpha value is 0.530. The number of alkyl halides is 6. The first-order valence-electron chi connectivity index (χ1n) is 5.56. The van der Waals surface area contributed by atoms with E-state index in [0.29, 0.717) is 5.75 Å². The van der Waals surface area contributed by atoms with Crippen LogP contribution in [-0.2, 0) is 10.8 Å². The summed E-state index contributed by atoms with van der Waals surface area (Å²) in [6.45, 7) is 0. The lowest BCUT2D eigenvalue weighted by molar-refractivity contribution is -0.284. The summed E-state index contributed by atoms with van der Waals surface area (Å²) >= 11 is 2.22. The molecule has 0 rings (SSSR count). The van der Waals surface area contributed by atoms with Crippen LogP contribution in [0.5, 0.6) is 0 Å². The molecule has 1 nitrogen and oxygen atoms in total. The molecule has 0 heterocycles. The van der Waals surface area contributed by atoms with Gasteiger partial charge in [-0.1, -0.05) is 29.0 Å². The second kappa shape index (κ2) is 8.65. The SMILES string of the molecule is O=S(CCCCCI)CCCC(F)(F)C(F)(F)F. The van der Waals surface area contributed by atoms with Crippen molar-refractivity contribution in [1.29, 1.82) is 0 Å². The van der Waals surface area contributed by atoms with Crippen molar-refractivity contribution in [3.05, 3.63) is 0 Å². The highest BCUT2D eigenvalue weighted by atomic mass is 127. The Balaban J connectivity index is 3.75. The van der Waals surface area contributed by atoms with Gasteiger partial charge in [-0.2, -0.15) is 22.0 Å². The van der Waals surface area contributed by atoms with Crippen LogP contribution in [0.4, 0.5) is 22.0 Å². The molecule has 0 amide bonds. The van der Waals surface area contributed by atoms with Crippen LogP contribution < -0.4 is 0 Å². The lowest BCUT2D eigenvalue weighted by atomic mass is 10.2. The summed E-state index contributed by atoms with van der Waals surface area (Å²) in [5.74, 6) is -4.37. The van der Waals surface area contributed by atoms with Gasteiger partial charge in [0.1, 0.15) is 0 Å². The quantitative estimate of drug-likeness (QED) is 0.241. The minimum atomic E-state index is -5.51. The molecule has 0 radical (unpaired) electrons. The van der Waals surface area contributed by atoms with Crippen molar-refractivity contribution >= 4 is 33.4 Å². The van der Waals surface area contributed by atoms with Gasteiger partial charge in [-0.3, -0.25) is 4.21 Å². The summed E-state index contributed by atoms with van der Waals surface area (Å²) in [5.41, 5.74) is 0. The standard InChI is InChI=1S/C10H16F5IOS/c11-9(12,10(13,14)15)5-4-8-18(17)7-3-1-2-6-16/h1-8H2. The monoisotopic (exact) mass is 406 g/mol. The minimum Gasteiger partial charge on any atom is -0.260 e. The summed E-state index contributed by atoms with van der Waals surface area (Å²) in [5, 5.41) is 0. The van der Waals surface area contributed by atoms with Crippen LogP contribution in [0.3, 0.4) is 0 Å². The molecule has 0 aromatic carbocycles. The molecule has 0 aromatic heterocycles. The highest BCUT2D eigenvalue weighted by Gasteiger charge is 2.56. The molecule has 1 unspecified atom stereocenters. The van der Waals surface area contributed by atoms with E-state index in [1.807, 2.05) is 0 Å². The molecule has 1 atom stereocenters. The van der Waals surface area contributed by atoms with Gasteiger partial charge in [-0.15, -0.1) is 0 Å². The third kappa shape index (κ3) is 7.85. The highest BCUT2D eigenvalue weighted by molar-refractivity contribution is 14.1. The number of rotatable bonds is 9. The average molecular weight is 406 g/mol. The highest BCUT2D eigenvalue weighted by Crippen LogP contribution is 2.38. The molecule has 0 saturated carbocycles. The number of halogens is 6. The van der Waals surface area contributed by atoms with Gasteiger partial charge in [-0.05, 0) is 23.7 Å². The normalized spacial score (nSPS) is 14.8. The molecule has 0 N–H and O–H groups in total. The molecule has 0 aliphatic rings. The third-order valence-electron chi connectivity index (χ3n) is 2.28. The van der Waals surface area contributed by atoms with E-state index in [4.69, 9.17) is 0 Å². The summed E-state index contributed by atoms with van der Waals surface area (Å²) < 4.78 is 72.8. The molecule has 8 heteroatoms. The zero-order valence-corrected chi connectivity index (χ0v) is 12.7. The van der Waals surface area contributed by atoms with Crippen LogP contribution in [-0.4, -0.2) is 32.2 Å². The lowest BCUT2D eigenvalue weighted by Crippen LogP contribution is -2.36. The number of unbranched alkanes of at least 4 members (excludes halogenated alkanes) is 2. The fraction of sp³-hybridized carbons (Fsp3) is 1.00. The fourth-order valence-electron chi connectivity index (χ4n) is 1.23. The van der Waals surface area contributed by atoms with Gasteiger partial charge in [0, 0.05) is 28.7 Å². The molecule has 0 fully saturated rings. The van der Waals surface area contributed by atoms with Gasteiger partial charge in [-0.25, -0.2) is 0 Å². The molecular weight excluding hydrogens is 390 g/mol. The topological polar surface area (TPSA) is 17.1 Å². The van der Waals surface area contributed by atoms with Crippen LogP contribution in [0.25, 0.3) is 0 Å². The first-order valence-corrected chi connectivity index (χ1v) is 8.57. The Labute approximate surface area is 119 Å². The van der Waals surface area contributed by atoms with Gasteiger partial charge in [0.05, 0.1) is 0 Å². The minimum absolute atomic E-state index is 0.0874. The van der Waals surface area contributed by atoms with Crippen molar-refractivity contribution in [3.8, 4) is 0 Å². The van der Waals surface area contributed by atoms with Gasteiger partial charge < -0.3 is 0 Å². The van der Waals surface area contributed by atoms with Crippen molar-refractivity contribution in [2.45, 2.75) is 44.2 Å². The Bertz CT molecular complexity index is 257. The van der Waals surface area contributed by atoms with E-state index in [1.54, 1.807) is 0 Å². The Morgan fingerprint density at radius 3 is 1.94 bits per heavy atom. The largest absolute Gasteiger partial charge is 0.453 e. The van der Waals surface area contributed by atoms with Crippen molar-refractivity contribution in [2.75, 3.05) is 15.9 Å². The van der Waals surface area contributed by atoms with Crippen LogP contribution in [0.15, 0.2) is 0 Å². The van der Waals surface area contributed by atoms with E-state index in [9.17, 15) is 26.2 Å². The number of hydrogen-bond acceptors (Lipinski definition) is 1. The van der Waals surface area contributed by atoms with E-state index in [1.165, 1.54) is 0 Å². The molecule has 0 aliphatic carbocycles. The zero-order valence-electron chi connectivity index (χ0n) is 9.74. The first-order chi connectivity index (χ1) is 8.20. The summed E-state index contributed by atoms with van der Waals surface area (Å²) in [6.07, 6.45) is -4.52. The lowest BCUT2D eigenvalue weighted by Gasteiger charge is -2.19. The molecule has 110 valence electrons. The van der Waals surface area contributed by atoms with Crippen LogP contribution in [0.1, 0.15) is 32.1 Å². The Morgan fingerprint density at radius 1 is 0.889 bits per heavy atom. The first kappa shape index (κ1) is 18.5. The van der Waals surface area contributed by atoms with Gasteiger partial charge in [0.15, 0.2) is 0 Å². The van der Waals surface area contributed by atoms with Crippen LogP contribution >= 0.6 is 22.6 Å². The molecule has 0 saturated heterocycles. The van der Waals surface area contributed by atoms with Gasteiger partial charge in [0.25, 0.3) is 0 Å². The maximum Gasteiger partial charge on any atom is 0.453 e. The molecule has 0 aromatic rings. The van der Waals surface area contributed by atoms with Crippen LogP contribution in [0, 0.1) is 0 Å². The van der Waals surface area contributed by atoms with E-state index in [0.717, 1.165) is 23.7 Å². The summed E-state index contributed by atoms with van der Waals surface area (Å²) in [6, 6.07) is 0. The maximum absolute atomic E-state index is 12.5. The third-order valence-corrected chi connectivity index (χ3v) is 4.53. The van der Waals surface area contributed by atoms with E-state index in [2.05, 4.69) is 22.6 Å². The van der Waals surface area contributed by atoms with Crippen molar-refractivity contribution < 1.29 is 26.2 Å². The maximum atomic E-state index is 12.5. The van der Waals surface area contributed by atoms with Gasteiger partial charge >= 0.3 is 12.1 Å². The second-order valence-electron chi connectivity index (χ2n) is 3.90. The molecule has 18 heavy (non-hydrogen) atoms. The Morgan fingerprint density at radius 2 is 1.44 bits per heavy atom. The molecule has 0 aliphatic heterocycles. The van der Waals surface area contributed by atoms with E-state index in [-0.39, 0.29) is 12.2 Å². The van der Waals surface area contributed by atoms with Gasteiger partial charge in [0.2, 0.25) is 0 Å². The summed E-state index contributed by atoms with van der Waals surface area (Å²) in [4.78, 5) is 0. The smallest absolute Gasteiger partial charge is 0.260 e. The summed E-state index contributed by atoms with van der Waals surface area (Å²) in [7, 11) is -1.29. The van der Waals surface area contributed by atoms with Crippen molar-refractivity contribution in [3.63, 3.8) is 0 Å². The molecular formula is C10H16F5IOS. The molecule has 0 bridgehead atoms. The average Bonchev–Trinajstić information content (AvgIpc) is 2.22. The van der Waals surface area contributed by atoms with Crippen molar-refractivity contribution in [1.82, 2.24) is 0 Å². The molecule has 0 spiro atoms. The fourth-order valence-corrected chi connectivity index (χ4v) is 2.97. The number of hydrogen-bond donors (Lipinski definition) is 0. The zero-order chi connectivity index (χ0) is 14.2. The Kier molecular flexibility index (Phi) is 8.91. The van der Waals surface area contributed by atoms with Crippen molar-refractivity contribution in [2.24, 2.45) is 0 Å².